The molecule has 6 heteroatoms. The van der Waals surface area contributed by atoms with Gasteiger partial charge in [0.15, 0.2) is 11.6 Å². The van der Waals surface area contributed by atoms with E-state index in [0.29, 0.717) is 5.56 Å². The van der Waals surface area contributed by atoms with Gasteiger partial charge >= 0.3 is 0 Å². The molecule has 0 spiro atoms. The van der Waals surface area contributed by atoms with Gasteiger partial charge in [0.05, 0.1) is 5.56 Å². The van der Waals surface area contributed by atoms with Crippen LogP contribution in [-0.4, -0.2) is 9.97 Å². The molecule has 3 nitrogen and oxygen atoms in total. The molecule has 1 aliphatic rings. The number of rotatable bonds is 3. The van der Waals surface area contributed by atoms with Crippen LogP contribution < -0.4 is 10.5 Å². The Bertz CT molecular complexity index is 734. The van der Waals surface area contributed by atoms with Crippen molar-refractivity contribution in [2.75, 3.05) is 0 Å². The highest BCUT2D eigenvalue weighted by Gasteiger charge is 2.20. The number of aromatic nitrogens is 1. The first-order valence-corrected chi connectivity index (χ1v) is 6.91. The first-order chi connectivity index (χ1) is 10.1. The minimum atomic E-state index is -1.06. The number of pyridine rings is 1. The van der Waals surface area contributed by atoms with Crippen molar-refractivity contribution in [1.82, 2.24) is 4.98 Å². The zero-order valence-electron chi connectivity index (χ0n) is 11.0. The Balaban J connectivity index is 2.05. The molecule has 0 bridgehead atoms. The highest BCUT2D eigenvalue weighted by molar-refractivity contribution is 7.80. The molecule has 3 rings (SSSR count). The van der Waals surface area contributed by atoms with Crippen molar-refractivity contribution in [3.05, 3.63) is 52.7 Å². The lowest BCUT2D eigenvalue weighted by molar-refractivity contribution is 0.404. The minimum absolute atomic E-state index is 0.115. The predicted octanol–water partition coefficient (Wildman–Crippen LogP) is 3.28. The second kappa shape index (κ2) is 5.37. The smallest absolute Gasteiger partial charge is 0.229 e. The van der Waals surface area contributed by atoms with E-state index in [-0.39, 0.29) is 16.6 Å². The Labute approximate surface area is 125 Å². The van der Waals surface area contributed by atoms with E-state index in [1.54, 1.807) is 0 Å². The summed E-state index contributed by atoms with van der Waals surface area (Å²) in [5, 5.41) is 0. The Kier molecular flexibility index (Phi) is 3.55. The monoisotopic (exact) mass is 306 g/mol. The molecule has 1 aromatic heterocycles. The number of ether oxygens (including phenoxy) is 1. The average Bonchev–Trinajstić information content (AvgIpc) is 2.90. The number of benzene rings is 1. The van der Waals surface area contributed by atoms with Crippen molar-refractivity contribution in [1.29, 1.82) is 0 Å². The van der Waals surface area contributed by atoms with E-state index in [1.165, 1.54) is 12.1 Å². The Hall–Kier alpha value is -2.08. The minimum Gasteiger partial charge on any atom is -0.435 e. The number of halogens is 2. The van der Waals surface area contributed by atoms with E-state index in [1.807, 2.05) is 6.07 Å². The van der Waals surface area contributed by atoms with Crippen LogP contribution in [0, 0.1) is 11.6 Å². The molecule has 0 saturated carbocycles. The summed E-state index contributed by atoms with van der Waals surface area (Å²) < 4.78 is 32.4. The summed E-state index contributed by atoms with van der Waals surface area (Å²) in [6.07, 6.45) is 2.73. The van der Waals surface area contributed by atoms with Crippen LogP contribution in [-0.2, 0) is 12.8 Å². The van der Waals surface area contributed by atoms with Crippen molar-refractivity contribution in [2.24, 2.45) is 5.73 Å². The molecule has 2 N–H and O–H groups in total. The van der Waals surface area contributed by atoms with E-state index in [9.17, 15) is 8.78 Å². The van der Waals surface area contributed by atoms with E-state index in [4.69, 9.17) is 22.7 Å². The zero-order valence-corrected chi connectivity index (χ0v) is 11.8. The number of thiocarbonyl (C=S) groups is 1. The first-order valence-electron chi connectivity index (χ1n) is 6.50. The van der Waals surface area contributed by atoms with Crippen LogP contribution in [0.2, 0.25) is 0 Å². The second-order valence-corrected chi connectivity index (χ2v) is 5.26. The van der Waals surface area contributed by atoms with E-state index < -0.39 is 11.6 Å². The van der Waals surface area contributed by atoms with Gasteiger partial charge in [-0.3, -0.25) is 0 Å². The standard InChI is InChI=1S/C15H12F2N2OS/c16-10-4-2-6-12(13(10)17)20-15-9(14(18)21)7-8-3-1-5-11(8)19-15/h2,4,6-7H,1,3,5H2,(H2,18,21). The van der Waals surface area contributed by atoms with Crippen LogP contribution in [0.15, 0.2) is 24.3 Å². The number of nitrogens with two attached hydrogens (primary N) is 1. The van der Waals surface area contributed by atoms with Crippen LogP contribution in [0.4, 0.5) is 8.78 Å². The fourth-order valence-electron chi connectivity index (χ4n) is 2.37. The van der Waals surface area contributed by atoms with E-state index in [2.05, 4.69) is 4.98 Å². The molecule has 0 atom stereocenters. The lowest BCUT2D eigenvalue weighted by atomic mass is 10.1. The van der Waals surface area contributed by atoms with Crippen LogP contribution in [0.1, 0.15) is 23.2 Å². The van der Waals surface area contributed by atoms with Crippen molar-refractivity contribution in [3.63, 3.8) is 0 Å². The average molecular weight is 306 g/mol. The molecule has 0 amide bonds. The lowest BCUT2D eigenvalue weighted by Gasteiger charge is -2.12. The molecule has 0 saturated heterocycles. The predicted molar refractivity (Wildman–Crippen MR) is 78.6 cm³/mol. The van der Waals surface area contributed by atoms with Crippen molar-refractivity contribution >= 4 is 17.2 Å². The molecule has 1 aliphatic carbocycles. The summed E-state index contributed by atoms with van der Waals surface area (Å²) in [6, 6.07) is 5.54. The molecule has 0 aliphatic heterocycles. The lowest BCUT2D eigenvalue weighted by Crippen LogP contribution is -2.13. The van der Waals surface area contributed by atoms with Crippen molar-refractivity contribution < 1.29 is 13.5 Å². The molecule has 1 aromatic carbocycles. The third-order valence-electron chi connectivity index (χ3n) is 3.40. The summed E-state index contributed by atoms with van der Waals surface area (Å²) in [6.45, 7) is 0. The maximum atomic E-state index is 13.7. The summed E-state index contributed by atoms with van der Waals surface area (Å²) in [7, 11) is 0. The number of hydrogen-bond acceptors (Lipinski definition) is 3. The molecule has 0 fully saturated rings. The fourth-order valence-corrected chi connectivity index (χ4v) is 2.52. The van der Waals surface area contributed by atoms with E-state index >= 15 is 0 Å². The summed E-state index contributed by atoms with van der Waals surface area (Å²) in [5.74, 6) is -2.16. The summed E-state index contributed by atoms with van der Waals surface area (Å²) in [5.41, 5.74) is 8.08. The van der Waals surface area contributed by atoms with Crippen molar-refractivity contribution in [3.8, 4) is 11.6 Å². The normalized spacial score (nSPS) is 13.0. The number of hydrogen-bond donors (Lipinski definition) is 1. The Morgan fingerprint density at radius 1 is 1.29 bits per heavy atom. The zero-order chi connectivity index (χ0) is 15.0. The fraction of sp³-hybridized carbons (Fsp3) is 0.200. The molecule has 2 aromatic rings. The van der Waals surface area contributed by atoms with Gasteiger partial charge in [0.2, 0.25) is 11.7 Å². The van der Waals surface area contributed by atoms with Gasteiger partial charge in [0, 0.05) is 5.69 Å². The molecule has 0 unspecified atom stereocenters. The molecule has 0 radical (unpaired) electrons. The number of aryl methyl sites for hydroxylation is 2. The quantitative estimate of drug-likeness (QED) is 0.884. The number of nitrogens with zero attached hydrogens (tertiary/aromatic N) is 1. The third kappa shape index (κ3) is 2.58. The van der Waals surface area contributed by atoms with Gasteiger partial charge in [0.25, 0.3) is 0 Å². The van der Waals surface area contributed by atoms with Gasteiger partial charge in [-0.15, -0.1) is 0 Å². The van der Waals surface area contributed by atoms with Crippen molar-refractivity contribution in [2.45, 2.75) is 19.3 Å². The maximum absolute atomic E-state index is 13.7. The van der Waals surface area contributed by atoms with Gasteiger partial charge < -0.3 is 10.5 Å². The van der Waals surface area contributed by atoms with Crippen LogP contribution in [0.5, 0.6) is 11.6 Å². The van der Waals surface area contributed by atoms with E-state index in [0.717, 1.165) is 36.6 Å². The number of fused-ring (bicyclic) bond motifs is 1. The Morgan fingerprint density at radius 2 is 2.10 bits per heavy atom. The Morgan fingerprint density at radius 3 is 2.86 bits per heavy atom. The van der Waals surface area contributed by atoms with Gasteiger partial charge in [0.1, 0.15) is 4.99 Å². The summed E-state index contributed by atoms with van der Waals surface area (Å²) in [4.78, 5) is 4.48. The summed E-state index contributed by atoms with van der Waals surface area (Å²) >= 11 is 4.99. The van der Waals surface area contributed by atoms with Gasteiger partial charge in [-0.25, -0.2) is 9.37 Å². The SMILES string of the molecule is NC(=S)c1cc2c(nc1Oc1cccc(F)c1F)CCC2. The molecular formula is C15H12F2N2OS. The van der Waals surface area contributed by atoms with Crippen LogP contribution >= 0.6 is 12.2 Å². The third-order valence-corrected chi connectivity index (χ3v) is 3.62. The van der Waals surface area contributed by atoms with Gasteiger partial charge in [-0.2, -0.15) is 4.39 Å². The van der Waals surface area contributed by atoms with Crippen LogP contribution in [0.3, 0.4) is 0 Å². The topological polar surface area (TPSA) is 48.1 Å². The highest BCUT2D eigenvalue weighted by atomic mass is 32.1. The molecular weight excluding hydrogens is 294 g/mol. The highest BCUT2D eigenvalue weighted by Crippen LogP contribution is 2.31. The largest absolute Gasteiger partial charge is 0.435 e. The second-order valence-electron chi connectivity index (χ2n) is 4.82. The maximum Gasteiger partial charge on any atom is 0.229 e. The van der Waals surface area contributed by atoms with Crippen LogP contribution in [0.25, 0.3) is 0 Å². The first kappa shape index (κ1) is 13.9. The molecule has 1 heterocycles. The van der Waals surface area contributed by atoms with Gasteiger partial charge in [-0.1, -0.05) is 18.3 Å². The van der Waals surface area contributed by atoms with Gasteiger partial charge in [-0.05, 0) is 43.0 Å². The molecule has 108 valence electrons. The molecule has 21 heavy (non-hydrogen) atoms.